The van der Waals surface area contributed by atoms with E-state index >= 15 is 0 Å². The van der Waals surface area contributed by atoms with Gasteiger partial charge in [0, 0.05) is 18.5 Å². The Morgan fingerprint density at radius 3 is 2.79 bits per heavy atom. The lowest BCUT2D eigenvalue weighted by atomic mass is 9.75. The first-order valence-electron chi connectivity index (χ1n) is 8.89. The number of aromatic amines is 1. The fourth-order valence-electron chi connectivity index (χ4n) is 3.41. The number of carbonyl (C=O) groups excluding carboxylic acids is 1. The monoisotopic (exact) mass is 384 g/mol. The number of amides is 1. The van der Waals surface area contributed by atoms with Gasteiger partial charge in [-0.3, -0.25) is 14.7 Å². The van der Waals surface area contributed by atoms with Gasteiger partial charge in [-0.15, -0.1) is 0 Å². The summed E-state index contributed by atoms with van der Waals surface area (Å²) in [6.07, 6.45) is 3.60. The Morgan fingerprint density at radius 1 is 1.36 bits per heavy atom. The number of fused-ring (bicyclic) bond motifs is 1. The SMILES string of the molecule is COc1ccc(C(NC(=O)c2cnc3nc(C)[nH]n3c2=O)C2CC(O)C2)cn1. The Morgan fingerprint density at radius 2 is 2.14 bits per heavy atom. The number of hydrogen-bond acceptors (Lipinski definition) is 7. The number of aromatic nitrogens is 5. The topological polar surface area (TPSA) is 134 Å². The first-order chi connectivity index (χ1) is 13.5. The van der Waals surface area contributed by atoms with Gasteiger partial charge in [-0.05, 0) is 31.2 Å². The van der Waals surface area contributed by atoms with Crippen LogP contribution < -0.4 is 15.6 Å². The largest absolute Gasteiger partial charge is 0.481 e. The molecule has 1 amide bonds. The minimum atomic E-state index is -0.540. The fraction of sp³-hybridized carbons (Fsp3) is 0.389. The molecule has 0 spiro atoms. The number of methoxy groups -OCH3 is 1. The fourth-order valence-corrected chi connectivity index (χ4v) is 3.41. The van der Waals surface area contributed by atoms with Crippen LogP contribution in [0.1, 0.15) is 40.6 Å². The van der Waals surface area contributed by atoms with Crippen molar-refractivity contribution in [1.29, 1.82) is 0 Å². The van der Waals surface area contributed by atoms with Gasteiger partial charge < -0.3 is 15.2 Å². The second-order valence-electron chi connectivity index (χ2n) is 6.89. The summed E-state index contributed by atoms with van der Waals surface area (Å²) in [6.45, 7) is 1.70. The van der Waals surface area contributed by atoms with Crippen LogP contribution in [0.4, 0.5) is 0 Å². The predicted octanol–water partition coefficient (Wildman–Crippen LogP) is 0.372. The third-order valence-electron chi connectivity index (χ3n) is 4.96. The summed E-state index contributed by atoms with van der Waals surface area (Å²) < 4.78 is 6.22. The van der Waals surface area contributed by atoms with E-state index in [-0.39, 0.29) is 23.4 Å². The number of aliphatic hydroxyl groups is 1. The van der Waals surface area contributed by atoms with Gasteiger partial charge in [0.1, 0.15) is 11.4 Å². The van der Waals surface area contributed by atoms with E-state index in [1.165, 1.54) is 13.3 Å². The molecule has 1 saturated carbocycles. The molecular weight excluding hydrogens is 364 g/mol. The second-order valence-corrected chi connectivity index (χ2v) is 6.89. The van der Waals surface area contributed by atoms with Crippen molar-refractivity contribution in [2.45, 2.75) is 31.9 Å². The maximum atomic E-state index is 12.8. The summed E-state index contributed by atoms with van der Waals surface area (Å²) in [5, 5.41) is 15.4. The highest BCUT2D eigenvalue weighted by atomic mass is 16.5. The molecule has 0 aromatic carbocycles. The highest BCUT2D eigenvalue weighted by Gasteiger charge is 2.36. The summed E-state index contributed by atoms with van der Waals surface area (Å²) in [4.78, 5) is 37.8. The van der Waals surface area contributed by atoms with Crippen LogP contribution >= 0.6 is 0 Å². The lowest BCUT2D eigenvalue weighted by Crippen LogP contribution is -2.42. The Bertz CT molecular complexity index is 1070. The van der Waals surface area contributed by atoms with Crippen LogP contribution in [-0.4, -0.2) is 48.8 Å². The summed E-state index contributed by atoms with van der Waals surface area (Å²) in [5.74, 6) is 0.694. The number of nitrogens with zero attached hydrogens (tertiary/aromatic N) is 4. The molecule has 3 N–H and O–H groups in total. The molecule has 4 rings (SSSR count). The summed E-state index contributed by atoms with van der Waals surface area (Å²) in [5.41, 5.74) is 0.161. The van der Waals surface area contributed by atoms with Crippen molar-refractivity contribution in [3.05, 3.63) is 51.8 Å². The lowest BCUT2D eigenvalue weighted by Gasteiger charge is -2.38. The molecule has 10 nitrogen and oxygen atoms in total. The van der Waals surface area contributed by atoms with Crippen LogP contribution in [0, 0.1) is 12.8 Å². The third kappa shape index (κ3) is 3.22. The van der Waals surface area contributed by atoms with E-state index in [0.29, 0.717) is 24.5 Å². The first kappa shape index (κ1) is 18.1. The van der Waals surface area contributed by atoms with Crippen LogP contribution in [0.2, 0.25) is 0 Å². The lowest BCUT2D eigenvalue weighted by molar-refractivity contribution is 0.0234. The molecule has 1 aliphatic carbocycles. The van der Waals surface area contributed by atoms with Crippen LogP contribution in [0.15, 0.2) is 29.3 Å². The molecule has 0 radical (unpaired) electrons. The van der Waals surface area contributed by atoms with Gasteiger partial charge in [0.05, 0.1) is 19.3 Å². The van der Waals surface area contributed by atoms with Crippen molar-refractivity contribution in [3.8, 4) is 5.88 Å². The molecule has 1 aliphatic rings. The normalized spacial score (nSPS) is 19.8. The van der Waals surface area contributed by atoms with E-state index in [0.717, 1.165) is 10.1 Å². The maximum Gasteiger partial charge on any atom is 0.286 e. The zero-order chi connectivity index (χ0) is 19.8. The molecule has 10 heteroatoms. The van der Waals surface area contributed by atoms with Crippen molar-refractivity contribution in [2.75, 3.05) is 7.11 Å². The number of hydrogen-bond donors (Lipinski definition) is 3. The first-order valence-corrected chi connectivity index (χ1v) is 8.89. The summed E-state index contributed by atoms with van der Waals surface area (Å²) >= 11 is 0. The number of aryl methyl sites for hydroxylation is 1. The van der Waals surface area contributed by atoms with Crippen molar-refractivity contribution >= 4 is 11.7 Å². The minimum Gasteiger partial charge on any atom is -0.481 e. The van der Waals surface area contributed by atoms with Crippen molar-refractivity contribution in [3.63, 3.8) is 0 Å². The van der Waals surface area contributed by atoms with Gasteiger partial charge in [0.25, 0.3) is 17.2 Å². The van der Waals surface area contributed by atoms with E-state index in [1.54, 1.807) is 19.2 Å². The van der Waals surface area contributed by atoms with Crippen LogP contribution in [0.3, 0.4) is 0 Å². The number of carbonyl (C=O) groups is 1. The average Bonchev–Trinajstić information content (AvgIpc) is 3.05. The number of ether oxygens (including phenoxy) is 1. The van der Waals surface area contributed by atoms with Crippen molar-refractivity contribution in [1.82, 2.24) is 29.9 Å². The smallest absolute Gasteiger partial charge is 0.286 e. The molecule has 0 aliphatic heterocycles. The van der Waals surface area contributed by atoms with Gasteiger partial charge >= 0.3 is 0 Å². The molecule has 1 atom stereocenters. The number of rotatable bonds is 5. The average molecular weight is 384 g/mol. The maximum absolute atomic E-state index is 12.8. The van der Waals surface area contributed by atoms with Gasteiger partial charge in [0.2, 0.25) is 5.88 Å². The van der Waals surface area contributed by atoms with Gasteiger partial charge in [-0.2, -0.15) is 9.50 Å². The van der Waals surface area contributed by atoms with E-state index < -0.39 is 17.5 Å². The highest BCUT2D eigenvalue weighted by molar-refractivity contribution is 5.94. The second kappa shape index (κ2) is 7.04. The molecule has 1 fully saturated rings. The van der Waals surface area contributed by atoms with E-state index in [4.69, 9.17) is 4.74 Å². The van der Waals surface area contributed by atoms with E-state index in [9.17, 15) is 14.7 Å². The van der Waals surface area contributed by atoms with Crippen molar-refractivity contribution < 1.29 is 14.6 Å². The molecule has 0 saturated heterocycles. The predicted molar refractivity (Wildman–Crippen MR) is 98.1 cm³/mol. The zero-order valence-corrected chi connectivity index (χ0v) is 15.4. The zero-order valence-electron chi connectivity index (χ0n) is 15.4. The van der Waals surface area contributed by atoms with Crippen LogP contribution in [0.5, 0.6) is 5.88 Å². The summed E-state index contributed by atoms with van der Waals surface area (Å²) in [7, 11) is 1.53. The summed E-state index contributed by atoms with van der Waals surface area (Å²) in [6, 6.07) is 3.13. The van der Waals surface area contributed by atoms with Crippen molar-refractivity contribution in [2.24, 2.45) is 5.92 Å². The standard InChI is InChI=1S/C18H20N6O4/c1-9-21-18-20-8-13(17(27)24(18)23-9)16(26)22-15(11-5-12(25)6-11)10-3-4-14(28-2)19-7-10/h3-4,7-8,11-12,15,25H,5-6H2,1-2H3,(H,22,26)(H,20,21,23). The Hall–Kier alpha value is -3.27. The Balaban J connectivity index is 1.63. The number of H-pyrrole nitrogens is 1. The molecule has 0 bridgehead atoms. The van der Waals surface area contributed by atoms with E-state index in [1.807, 2.05) is 6.07 Å². The molecule has 3 aromatic rings. The number of aliphatic hydroxyl groups excluding tert-OH is 1. The number of pyridine rings is 1. The molecule has 3 heterocycles. The Labute approximate surface area is 159 Å². The minimum absolute atomic E-state index is 0.0444. The highest BCUT2D eigenvalue weighted by Crippen LogP contribution is 2.38. The van der Waals surface area contributed by atoms with Gasteiger partial charge in [-0.1, -0.05) is 6.07 Å². The molecule has 28 heavy (non-hydrogen) atoms. The van der Waals surface area contributed by atoms with Gasteiger partial charge in [0.15, 0.2) is 0 Å². The number of nitrogens with one attached hydrogen (secondary N) is 2. The van der Waals surface area contributed by atoms with Crippen LogP contribution in [-0.2, 0) is 0 Å². The van der Waals surface area contributed by atoms with Crippen LogP contribution in [0.25, 0.3) is 5.78 Å². The molecule has 1 unspecified atom stereocenters. The van der Waals surface area contributed by atoms with E-state index in [2.05, 4.69) is 25.4 Å². The van der Waals surface area contributed by atoms with Gasteiger partial charge in [-0.25, -0.2) is 9.97 Å². The molecular formula is C18H20N6O4. The Kier molecular flexibility index (Phi) is 4.55. The third-order valence-corrected chi connectivity index (χ3v) is 4.96. The molecule has 3 aromatic heterocycles. The molecule has 146 valence electrons. The quantitative estimate of drug-likeness (QED) is 0.578.